The molecular formula is C22H18BrN3O3. The van der Waals surface area contributed by atoms with Crippen LogP contribution in [0.25, 0.3) is 0 Å². The van der Waals surface area contributed by atoms with Crippen LogP contribution in [0.15, 0.2) is 88.4 Å². The van der Waals surface area contributed by atoms with E-state index in [9.17, 15) is 9.59 Å². The van der Waals surface area contributed by atoms with Gasteiger partial charge in [-0.3, -0.25) is 9.59 Å². The molecular weight excluding hydrogens is 434 g/mol. The summed E-state index contributed by atoms with van der Waals surface area (Å²) in [6.45, 7) is -0.0917. The summed E-state index contributed by atoms with van der Waals surface area (Å²) in [5.41, 5.74) is 4.49. The fourth-order valence-electron chi connectivity index (χ4n) is 2.35. The number of hydrogen-bond donors (Lipinski definition) is 2. The van der Waals surface area contributed by atoms with Crippen molar-refractivity contribution in [2.24, 2.45) is 5.10 Å². The summed E-state index contributed by atoms with van der Waals surface area (Å²) in [5.74, 6) is 0.0277. The van der Waals surface area contributed by atoms with Crippen molar-refractivity contribution in [2.75, 3.05) is 11.9 Å². The summed E-state index contributed by atoms with van der Waals surface area (Å²) < 4.78 is 6.38. The van der Waals surface area contributed by atoms with E-state index in [0.717, 1.165) is 15.7 Å². The number of carbonyl (C=O) groups is 2. The minimum atomic E-state index is -0.293. The van der Waals surface area contributed by atoms with Crippen LogP contribution in [0.5, 0.6) is 5.75 Å². The van der Waals surface area contributed by atoms with E-state index in [1.54, 1.807) is 48.5 Å². The number of hydrazone groups is 1. The molecule has 0 radical (unpaired) electrons. The minimum absolute atomic E-state index is 0.0917. The molecule has 3 rings (SSSR count). The zero-order chi connectivity index (χ0) is 20.5. The maximum Gasteiger partial charge on any atom is 0.271 e. The molecule has 6 nitrogen and oxygen atoms in total. The smallest absolute Gasteiger partial charge is 0.271 e. The number of nitrogens with one attached hydrogen (secondary N) is 2. The Morgan fingerprint density at radius 2 is 1.62 bits per heavy atom. The lowest BCUT2D eigenvalue weighted by molar-refractivity contribution is -0.118. The maximum atomic E-state index is 12.0. The number of halogens is 1. The quantitative estimate of drug-likeness (QED) is 0.416. The molecule has 146 valence electrons. The third-order valence-corrected chi connectivity index (χ3v) is 4.32. The molecule has 0 aliphatic heterocycles. The molecule has 0 saturated carbocycles. The molecule has 7 heteroatoms. The van der Waals surface area contributed by atoms with Gasteiger partial charge in [-0.15, -0.1) is 0 Å². The molecule has 0 aliphatic rings. The van der Waals surface area contributed by atoms with E-state index in [2.05, 4.69) is 31.8 Å². The highest BCUT2D eigenvalue weighted by molar-refractivity contribution is 9.10. The first-order valence-corrected chi connectivity index (χ1v) is 9.56. The summed E-state index contributed by atoms with van der Waals surface area (Å²) in [7, 11) is 0. The Kier molecular flexibility index (Phi) is 7.13. The van der Waals surface area contributed by atoms with Crippen LogP contribution in [-0.2, 0) is 4.79 Å². The number of ether oxygens (including phenoxy) is 1. The van der Waals surface area contributed by atoms with Gasteiger partial charge in [0.15, 0.2) is 6.61 Å². The summed E-state index contributed by atoms with van der Waals surface area (Å²) in [4.78, 5) is 23.9. The first-order valence-electron chi connectivity index (χ1n) is 8.77. The van der Waals surface area contributed by atoms with Crippen LogP contribution in [0.4, 0.5) is 5.69 Å². The normalized spacial score (nSPS) is 10.5. The molecule has 0 saturated heterocycles. The second-order valence-corrected chi connectivity index (χ2v) is 6.89. The second-order valence-electron chi connectivity index (χ2n) is 5.98. The van der Waals surface area contributed by atoms with Crippen molar-refractivity contribution >= 4 is 39.6 Å². The first kappa shape index (κ1) is 20.3. The van der Waals surface area contributed by atoms with E-state index in [-0.39, 0.29) is 18.4 Å². The predicted molar refractivity (Wildman–Crippen MR) is 116 cm³/mol. The van der Waals surface area contributed by atoms with Gasteiger partial charge in [0.25, 0.3) is 11.8 Å². The summed E-state index contributed by atoms with van der Waals surface area (Å²) >= 11 is 3.32. The van der Waals surface area contributed by atoms with Crippen LogP contribution in [-0.4, -0.2) is 24.6 Å². The number of rotatable bonds is 7. The lowest BCUT2D eigenvalue weighted by Crippen LogP contribution is -2.20. The summed E-state index contributed by atoms with van der Waals surface area (Å²) in [6.07, 6.45) is 1.53. The molecule has 0 bridgehead atoms. The Hall–Kier alpha value is -3.45. The number of amides is 2. The molecule has 0 aromatic heterocycles. The Bertz CT molecular complexity index is 988. The minimum Gasteiger partial charge on any atom is -0.484 e. The van der Waals surface area contributed by atoms with Gasteiger partial charge >= 0.3 is 0 Å². The van der Waals surface area contributed by atoms with E-state index in [4.69, 9.17) is 4.74 Å². The van der Waals surface area contributed by atoms with Crippen LogP contribution in [0.3, 0.4) is 0 Å². The van der Waals surface area contributed by atoms with Gasteiger partial charge < -0.3 is 10.1 Å². The van der Waals surface area contributed by atoms with Crippen molar-refractivity contribution in [2.45, 2.75) is 0 Å². The van der Waals surface area contributed by atoms with E-state index in [1.807, 2.05) is 30.3 Å². The largest absolute Gasteiger partial charge is 0.484 e. The average Bonchev–Trinajstić information content (AvgIpc) is 2.74. The van der Waals surface area contributed by atoms with Gasteiger partial charge in [0.1, 0.15) is 5.75 Å². The number of para-hydroxylation sites is 1. The molecule has 0 atom stereocenters. The Balaban J connectivity index is 1.45. The van der Waals surface area contributed by atoms with E-state index >= 15 is 0 Å². The number of nitrogens with zero attached hydrogens (tertiary/aromatic N) is 1. The highest BCUT2D eigenvalue weighted by Gasteiger charge is 2.04. The molecule has 2 amide bonds. The topological polar surface area (TPSA) is 79.8 Å². The van der Waals surface area contributed by atoms with Gasteiger partial charge in [0, 0.05) is 15.7 Å². The Morgan fingerprint density at radius 1 is 0.931 bits per heavy atom. The highest BCUT2D eigenvalue weighted by atomic mass is 79.9. The average molecular weight is 452 g/mol. The standard InChI is InChI=1S/C22H18BrN3O3/c23-18-10-8-17(9-11-18)22(28)26-24-14-16-6-12-20(13-7-16)29-15-21(27)25-19-4-2-1-3-5-19/h1-14H,15H2,(H,25,27)(H,26,28)/b24-14+. The third kappa shape index (κ3) is 6.58. The first-order chi connectivity index (χ1) is 14.1. The monoisotopic (exact) mass is 451 g/mol. The number of anilines is 1. The lowest BCUT2D eigenvalue weighted by atomic mass is 10.2. The molecule has 0 fully saturated rings. The van der Waals surface area contributed by atoms with Crippen molar-refractivity contribution in [1.29, 1.82) is 0 Å². The van der Waals surface area contributed by atoms with Gasteiger partial charge in [0.05, 0.1) is 6.21 Å². The SMILES string of the molecule is O=C(COc1ccc(/C=N/NC(=O)c2ccc(Br)cc2)cc1)Nc1ccccc1. The van der Waals surface area contributed by atoms with Gasteiger partial charge in [-0.2, -0.15) is 5.10 Å². The maximum absolute atomic E-state index is 12.0. The Labute approximate surface area is 176 Å². The van der Waals surface area contributed by atoms with Crippen molar-refractivity contribution in [3.8, 4) is 5.75 Å². The van der Waals surface area contributed by atoms with Gasteiger partial charge in [-0.1, -0.05) is 34.1 Å². The Morgan fingerprint density at radius 3 is 2.31 bits per heavy atom. The van der Waals surface area contributed by atoms with E-state index in [1.165, 1.54) is 6.21 Å². The second kappa shape index (κ2) is 10.2. The molecule has 0 heterocycles. The van der Waals surface area contributed by atoms with Crippen molar-refractivity contribution in [3.63, 3.8) is 0 Å². The van der Waals surface area contributed by atoms with Gasteiger partial charge in [0.2, 0.25) is 0 Å². The van der Waals surface area contributed by atoms with Crippen molar-refractivity contribution in [1.82, 2.24) is 5.43 Å². The van der Waals surface area contributed by atoms with E-state index < -0.39 is 0 Å². The number of carbonyl (C=O) groups excluding carboxylic acids is 2. The highest BCUT2D eigenvalue weighted by Crippen LogP contribution is 2.12. The summed E-state index contributed by atoms with van der Waals surface area (Å²) in [6, 6.07) is 23.2. The van der Waals surface area contributed by atoms with Crippen LogP contribution < -0.4 is 15.5 Å². The molecule has 29 heavy (non-hydrogen) atoms. The fraction of sp³-hybridized carbons (Fsp3) is 0.0455. The molecule has 2 N–H and O–H groups in total. The van der Waals surface area contributed by atoms with Gasteiger partial charge in [-0.25, -0.2) is 5.43 Å². The molecule has 0 spiro atoms. The zero-order valence-corrected chi connectivity index (χ0v) is 16.9. The summed E-state index contributed by atoms with van der Waals surface area (Å²) in [5, 5.41) is 6.70. The zero-order valence-electron chi connectivity index (χ0n) is 15.3. The van der Waals surface area contributed by atoms with Crippen molar-refractivity contribution in [3.05, 3.63) is 94.5 Å². The molecule has 3 aromatic rings. The van der Waals surface area contributed by atoms with E-state index in [0.29, 0.717) is 11.3 Å². The predicted octanol–water partition coefficient (Wildman–Crippen LogP) is 4.23. The van der Waals surface area contributed by atoms with Crippen LogP contribution in [0.2, 0.25) is 0 Å². The molecule has 0 unspecified atom stereocenters. The lowest BCUT2D eigenvalue weighted by Gasteiger charge is -2.07. The van der Waals surface area contributed by atoms with Crippen LogP contribution in [0, 0.1) is 0 Å². The fourth-order valence-corrected chi connectivity index (χ4v) is 2.61. The third-order valence-electron chi connectivity index (χ3n) is 3.79. The molecule has 0 aliphatic carbocycles. The number of benzene rings is 3. The van der Waals surface area contributed by atoms with Gasteiger partial charge in [-0.05, 0) is 66.2 Å². The van der Waals surface area contributed by atoms with Crippen LogP contribution in [0.1, 0.15) is 15.9 Å². The van der Waals surface area contributed by atoms with Crippen molar-refractivity contribution < 1.29 is 14.3 Å². The van der Waals surface area contributed by atoms with Crippen LogP contribution >= 0.6 is 15.9 Å². The number of hydrogen-bond acceptors (Lipinski definition) is 4. The molecule has 3 aromatic carbocycles.